The molecule has 0 saturated heterocycles. The molecule has 4 heteroatoms. The van der Waals surface area contributed by atoms with Crippen molar-refractivity contribution in [3.63, 3.8) is 0 Å². The molecule has 0 heterocycles. The zero-order chi connectivity index (χ0) is 15.0. The van der Waals surface area contributed by atoms with E-state index in [-0.39, 0.29) is 24.5 Å². The molecule has 0 aliphatic heterocycles. The average Bonchev–Trinajstić information content (AvgIpc) is 2.42. The lowest BCUT2D eigenvalue weighted by Gasteiger charge is -2.11. The summed E-state index contributed by atoms with van der Waals surface area (Å²) in [7, 11) is 0. The van der Waals surface area contributed by atoms with Crippen LogP contribution in [0.4, 0.5) is 0 Å². The van der Waals surface area contributed by atoms with E-state index in [9.17, 15) is 4.79 Å². The van der Waals surface area contributed by atoms with Gasteiger partial charge in [-0.25, -0.2) is 0 Å². The Morgan fingerprint density at radius 1 is 1.35 bits per heavy atom. The molecular weight excluding hydrogens is 254 g/mol. The average molecular weight is 279 g/mol. The number of hydrogen-bond donors (Lipinski definition) is 2. The van der Waals surface area contributed by atoms with Crippen LogP contribution in [0.2, 0.25) is 0 Å². The van der Waals surface area contributed by atoms with Crippen LogP contribution in [-0.4, -0.2) is 30.3 Å². The summed E-state index contributed by atoms with van der Waals surface area (Å²) in [6.45, 7) is 6.72. The third kappa shape index (κ3) is 6.06. The molecule has 112 valence electrons. The Morgan fingerprint density at radius 3 is 2.75 bits per heavy atom. The minimum Gasteiger partial charge on any atom is -0.491 e. The molecule has 0 aromatic heterocycles. The van der Waals surface area contributed by atoms with Gasteiger partial charge in [-0.2, -0.15) is 0 Å². The number of benzene rings is 1. The highest BCUT2D eigenvalue weighted by atomic mass is 16.5. The third-order valence-corrected chi connectivity index (χ3v) is 2.94. The van der Waals surface area contributed by atoms with Crippen molar-refractivity contribution in [3.05, 3.63) is 29.8 Å². The first kappa shape index (κ1) is 16.5. The highest BCUT2D eigenvalue weighted by Gasteiger charge is 2.07. The normalized spacial score (nSPS) is 12.2. The Morgan fingerprint density at radius 2 is 2.10 bits per heavy atom. The fraction of sp³-hybridized carbons (Fsp3) is 0.562. The Bertz CT molecular complexity index is 418. The monoisotopic (exact) mass is 279 g/mol. The SMILES string of the molecule is CC(CO)CCCNC(=O)c1cccc(OC(C)C)c1. The smallest absolute Gasteiger partial charge is 0.251 e. The molecule has 0 aliphatic rings. The summed E-state index contributed by atoms with van der Waals surface area (Å²) in [5.74, 6) is 0.909. The maximum absolute atomic E-state index is 12.0. The second kappa shape index (κ2) is 8.59. The number of carbonyl (C=O) groups excluding carboxylic acids is 1. The maximum atomic E-state index is 12.0. The van der Waals surface area contributed by atoms with Crippen LogP contribution in [0.15, 0.2) is 24.3 Å². The second-order valence-corrected chi connectivity index (χ2v) is 5.38. The molecule has 2 N–H and O–H groups in total. The predicted octanol–water partition coefficient (Wildman–Crippen LogP) is 2.61. The van der Waals surface area contributed by atoms with E-state index in [1.165, 1.54) is 0 Å². The third-order valence-electron chi connectivity index (χ3n) is 2.94. The van der Waals surface area contributed by atoms with Gasteiger partial charge in [-0.05, 0) is 50.8 Å². The van der Waals surface area contributed by atoms with E-state index >= 15 is 0 Å². The van der Waals surface area contributed by atoms with E-state index < -0.39 is 0 Å². The summed E-state index contributed by atoms with van der Waals surface area (Å²) in [5, 5.41) is 11.8. The first-order valence-electron chi connectivity index (χ1n) is 7.18. The molecular formula is C16H25NO3. The van der Waals surface area contributed by atoms with Crippen molar-refractivity contribution in [3.8, 4) is 5.75 Å². The Hall–Kier alpha value is -1.55. The predicted molar refractivity (Wildman–Crippen MR) is 80.0 cm³/mol. The standard InChI is InChI=1S/C16H25NO3/c1-12(2)20-15-8-4-7-14(10-15)16(19)17-9-5-6-13(3)11-18/h4,7-8,10,12-13,18H,5-6,9,11H2,1-3H3,(H,17,19). The van der Waals surface area contributed by atoms with Crippen molar-refractivity contribution < 1.29 is 14.6 Å². The number of amides is 1. The van der Waals surface area contributed by atoms with Crippen molar-refractivity contribution in [1.82, 2.24) is 5.32 Å². The number of hydrogen-bond acceptors (Lipinski definition) is 3. The van der Waals surface area contributed by atoms with E-state index in [4.69, 9.17) is 9.84 Å². The zero-order valence-electron chi connectivity index (χ0n) is 12.6. The van der Waals surface area contributed by atoms with Crippen LogP contribution in [0.5, 0.6) is 5.75 Å². The zero-order valence-corrected chi connectivity index (χ0v) is 12.6. The van der Waals surface area contributed by atoms with Crippen LogP contribution in [0.1, 0.15) is 44.0 Å². The number of nitrogens with one attached hydrogen (secondary N) is 1. The summed E-state index contributed by atoms with van der Waals surface area (Å²) < 4.78 is 5.57. The van der Waals surface area contributed by atoms with E-state index in [2.05, 4.69) is 5.32 Å². The summed E-state index contributed by atoms with van der Waals surface area (Å²) in [4.78, 5) is 12.0. The molecule has 0 radical (unpaired) electrons. The van der Waals surface area contributed by atoms with Crippen LogP contribution in [0.25, 0.3) is 0 Å². The molecule has 1 aromatic carbocycles. The molecule has 1 unspecified atom stereocenters. The van der Waals surface area contributed by atoms with Gasteiger partial charge < -0.3 is 15.2 Å². The lowest BCUT2D eigenvalue weighted by Crippen LogP contribution is -2.25. The van der Waals surface area contributed by atoms with Crippen LogP contribution >= 0.6 is 0 Å². The van der Waals surface area contributed by atoms with Gasteiger partial charge in [-0.3, -0.25) is 4.79 Å². The fourth-order valence-electron chi connectivity index (χ4n) is 1.83. The van der Waals surface area contributed by atoms with Crippen molar-refractivity contribution >= 4 is 5.91 Å². The first-order valence-corrected chi connectivity index (χ1v) is 7.18. The van der Waals surface area contributed by atoms with Gasteiger partial charge in [0, 0.05) is 18.7 Å². The molecule has 0 saturated carbocycles. The molecule has 0 fully saturated rings. The molecule has 0 aliphatic carbocycles. The fourth-order valence-corrected chi connectivity index (χ4v) is 1.83. The van der Waals surface area contributed by atoms with Crippen molar-refractivity contribution in [1.29, 1.82) is 0 Å². The van der Waals surface area contributed by atoms with Crippen molar-refractivity contribution in [2.45, 2.75) is 39.7 Å². The molecule has 1 atom stereocenters. The number of rotatable bonds is 8. The summed E-state index contributed by atoms with van der Waals surface area (Å²) in [5.41, 5.74) is 0.610. The highest BCUT2D eigenvalue weighted by molar-refractivity contribution is 5.94. The molecule has 0 spiro atoms. The van der Waals surface area contributed by atoms with Gasteiger partial charge >= 0.3 is 0 Å². The summed E-state index contributed by atoms with van der Waals surface area (Å²) in [6.07, 6.45) is 1.87. The molecule has 4 nitrogen and oxygen atoms in total. The minimum atomic E-state index is -0.0872. The Labute approximate surface area is 121 Å². The lowest BCUT2D eigenvalue weighted by molar-refractivity contribution is 0.0951. The van der Waals surface area contributed by atoms with E-state index in [1.54, 1.807) is 12.1 Å². The second-order valence-electron chi connectivity index (χ2n) is 5.38. The number of aliphatic hydroxyl groups excluding tert-OH is 1. The van der Waals surface area contributed by atoms with Gasteiger partial charge in [-0.15, -0.1) is 0 Å². The number of ether oxygens (including phenoxy) is 1. The van der Waals surface area contributed by atoms with Gasteiger partial charge in [0.05, 0.1) is 6.10 Å². The van der Waals surface area contributed by atoms with Crippen molar-refractivity contribution in [2.75, 3.05) is 13.2 Å². The van der Waals surface area contributed by atoms with Crippen LogP contribution in [0, 0.1) is 5.92 Å². The van der Waals surface area contributed by atoms with Gasteiger partial charge in [0.15, 0.2) is 0 Å². The van der Waals surface area contributed by atoms with Crippen LogP contribution in [-0.2, 0) is 0 Å². The van der Waals surface area contributed by atoms with Gasteiger partial charge in [0.2, 0.25) is 0 Å². The highest BCUT2D eigenvalue weighted by Crippen LogP contribution is 2.14. The Balaban J connectivity index is 2.43. The molecule has 1 amide bonds. The maximum Gasteiger partial charge on any atom is 0.251 e. The molecule has 1 rings (SSSR count). The largest absolute Gasteiger partial charge is 0.491 e. The summed E-state index contributed by atoms with van der Waals surface area (Å²) in [6, 6.07) is 7.20. The number of aliphatic hydroxyl groups is 1. The van der Waals surface area contributed by atoms with Crippen LogP contribution in [0.3, 0.4) is 0 Å². The molecule has 1 aromatic rings. The molecule has 0 bridgehead atoms. The van der Waals surface area contributed by atoms with E-state index in [0.717, 1.165) is 12.8 Å². The van der Waals surface area contributed by atoms with Gasteiger partial charge in [-0.1, -0.05) is 13.0 Å². The Kier molecular flexibility index (Phi) is 7.09. The van der Waals surface area contributed by atoms with Gasteiger partial charge in [0.1, 0.15) is 5.75 Å². The minimum absolute atomic E-state index is 0.0872. The lowest BCUT2D eigenvalue weighted by atomic mass is 10.1. The van der Waals surface area contributed by atoms with Gasteiger partial charge in [0.25, 0.3) is 5.91 Å². The van der Waals surface area contributed by atoms with E-state index in [0.29, 0.717) is 17.9 Å². The quantitative estimate of drug-likeness (QED) is 0.719. The molecule has 20 heavy (non-hydrogen) atoms. The first-order chi connectivity index (χ1) is 9.52. The van der Waals surface area contributed by atoms with Crippen LogP contribution < -0.4 is 10.1 Å². The number of carbonyl (C=O) groups is 1. The summed E-state index contributed by atoms with van der Waals surface area (Å²) >= 11 is 0. The van der Waals surface area contributed by atoms with Crippen molar-refractivity contribution in [2.24, 2.45) is 5.92 Å². The topological polar surface area (TPSA) is 58.6 Å². The van der Waals surface area contributed by atoms with E-state index in [1.807, 2.05) is 32.9 Å².